The van der Waals surface area contributed by atoms with Crippen molar-refractivity contribution in [3.8, 4) is 5.82 Å². The molecule has 1 N–H and O–H groups in total. The number of aryl methyl sites for hydroxylation is 2. The average Bonchev–Trinajstić information content (AvgIpc) is 3.02. The molecule has 0 fully saturated rings. The Labute approximate surface area is 108 Å². The van der Waals surface area contributed by atoms with E-state index >= 15 is 0 Å². The predicted octanol–water partition coefficient (Wildman–Crippen LogP) is 0.728. The maximum absolute atomic E-state index is 11.4. The molecule has 0 unspecified atom stereocenters. The number of hydrogen-bond donors (Lipinski definition) is 1. The second-order valence-electron chi connectivity index (χ2n) is 4.25. The van der Waals surface area contributed by atoms with Crippen LogP contribution in [0.25, 0.3) is 11.5 Å². The van der Waals surface area contributed by atoms with Crippen molar-refractivity contribution in [1.82, 2.24) is 29.4 Å². The smallest absolute Gasteiger partial charge is 0.246 e. The zero-order valence-electron chi connectivity index (χ0n) is 10.8. The van der Waals surface area contributed by atoms with E-state index in [9.17, 15) is 4.79 Å². The third-order valence-corrected chi connectivity index (χ3v) is 3.07. The summed E-state index contributed by atoms with van der Waals surface area (Å²) in [5.41, 5.74) is 2.36. The van der Waals surface area contributed by atoms with Crippen LogP contribution in [0.4, 0.5) is 0 Å². The summed E-state index contributed by atoms with van der Waals surface area (Å²) in [6, 6.07) is 3.81. The summed E-state index contributed by atoms with van der Waals surface area (Å²) in [7, 11) is 0. The molecule has 0 bridgehead atoms. The summed E-state index contributed by atoms with van der Waals surface area (Å²) in [6.45, 7) is 4.14. The van der Waals surface area contributed by atoms with Crippen molar-refractivity contribution in [2.24, 2.45) is 0 Å². The Morgan fingerprint density at radius 1 is 1.26 bits per heavy atom. The van der Waals surface area contributed by atoms with Gasteiger partial charge in [0.1, 0.15) is 6.33 Å². The molecule has 0 saturated carbocycles. The highest BCUT2D eigenvalue weighted by molar-refractivity contribution is 5.42. The SMILES string of the molecule is CCc1cc(CC)n(-c2cc3n[nH]c(=O)n3cn2)n1. The fraction of sp³-hybridized carbons (Fsp3) is 0.333. The summed E-state index contributed by atoms with van der Waals surface area (Å²) < 4.78 is 3.16. The van der Waals surface area contributed by atoms with Crippen LogP contribution < -0.4 is 5.69 Å². The van der Waals surface area contributed by atoms with E-state index in [-0.39, 0.29) is 5.69 Å². The van der Waals surface area contributed by atoms with Gasteiger partial charge in [0.25, 0.3) is 0 Å². The van der Waals surface area contributed by atoms with Gasteiger partial charge in [0.05, 0.1) is 5.69 Å². The van der Waals surface area contributed by atoms with Gasteiger partial charge in [-0.1, -0.05) is 13.8 Å². The van der Waals surface area contributed by atoms with Crippen molar-refractivity contribution in [2.75, 3.05) is 0 Å². The van der Waals surface area contributed by atoms with Gasteiger partial charge >= 0.3 is 5.69 Å². The van der Waals surface area contributed by atoms with E-state index in [0.717, 1.165) is 24.2 Å². The summed E-state index contributed by atoms with van der Waals surface area (Å²) in [5, 5.41) is 10.8. The van der Waals surface area contributed by atoms with Gasteiger partial charge in [0.15, 0.2) is 11.5 Å². The van der Waals surface area contributed by atoms with Crippen molar-refractivity contribution < 1.29 is 0 Å². The maximum Gasteiger partial charge on any atom is 0.348 e. The molecule has 0 spiro atoms. The van der Waals surface area contributed by atoms with Crippen LogP contribution in [0.5, 0.6) is 0 Å². The normalized spacial score (nSPS) is 11.3. The molecule has 7 heteroatoms. The van der Waals surface area contributed by atoms with E-state index in [0.29, 0.717) is 11.5 Å². The van der Waals surface area contributed by atoms with Crippen molar-refractivity contribution in [1.29, 1.82) is 0 Å². The van der Waals surface area contributed by atoms with Gasteiger partial charge in [0, 0.05) is 11.8 Å². The number of fused-ring (bicyclic) bond motifs is 1. The van der Waals surface area contributed by atoms with E-state index in [1.165, 1.54) is 10.7 Å². The molecule has 0 atom stereocenters. The van der Waals surface area contributed by atoms with Crippen LogP contribution in [-0.4, -0.2) is 29.4 Å². The van der Waals surface area contributed by atoms with E-state index in [2.05, 4.69) is 40.2 Å². The molecule has 3 rings (SSSR count). The Morgan fingerprint density at radius 2 is 2.11 bits per heavy atom. The fourth-order valence-electron chi connectivity index (χ4n) is 2.01. The van der Waals surface area contributed by atoms with Crippen molar-refractivity contribution >= 4 is 5.65 Å². The topological polar surface area (TPSA) is 80.9 Å². The van der Waals surface area contributed by atoms with Crippen molar-refractivity contribution in [2.45, 2.75) is 26.7 Å². The first kappa shape index (κ1) is 11.6. The third kappa shape index (κ3) is 1.83. The van der Waals surface area contributed by atoms with Gasteiger partial charge in [-0.25, -0.2) is 24.0 Å². The highest BCUT2D eigenvalue weighted by Gasteiger charge is 2.10. The molecule has 0 aliphatic rings. The molecule has 0 aliphatic heterocycles. The maximum atomic E-state index is 11.4. The molecule has 7 nitrogen and oxygen atoms in total. The monoisotopic (exact) mass is 258 g/mol. The van der Waals surface area contributed by atoms with Crippen molar-refractivity contribution in [3.63, 3.8) is 0 Å². The molecule has 0 aliphatic carbocycles. The zero-order valence-corrected chi connectivity index (χ0v) is 10.8. The lowest BCUT2D eigenvalue weighted by atomic mass is 10.2. The summed E-state index contributed by atoms with van der Waals surface area (Å²) in [6.07, 6.45) is 3.21. The highest BCUT2D eigenvalue weighted by atomic mass is 16.1. The average molecular weight is 258 g/mol. The first-order valence-corrected chi connectivity index (χ1v) is 6.24. The van der Waals surface area contributed by atoms with E-state index in [1.807, 2.05) is 0 Å². The van der Waals surface area contributed by atoms with E-state index in [4.69, 9.17) is 0 Å². The minimum atomic E-state index is -0.292. The standard InChI is InChI=1S/C12H14N6O/c1-3-8-5-9(4-2)18(16-8)10-6-11-14-15-12(19)17(11)7-13-10/h5-7H,3-4H2,1-2H3,(H,15,19). The van der Waals surface area contributed by atoms with Gasteiger partial charge in [-0.15, -0.1) is 0 Å². The molecule has 3 heterocycles. The number of aromatic nitrogens is 6. The fourth-order valence-corrected chi connectivity index (χ4v) is 2.01. The Kier molecular flexibility index (Phi) is 2.66. The van der Waals surface area contributed by atoms with Crippen LogP contribution >= 0.6 is 0 Å². The minimum Gasteiger partial charge on any atom is -0.246 e. The molecule has 0 amide bonds. The number of nitrogens with one attached hydrogen (secondary N) is 1. The first-order valence-electron chi connectivity index (χ1n) is 6.24. The Morgan fingerprint density at radius 3 is 2.84 bits per heavy atom. The van der Waals surface area contributed by atoms with Crippen molar-refractivity contribution in [3.05, 3.63) is 40.3 Å². The molecule has 0 saturated heterocycles. The van der Waals surface area contributed by atoms with E-state index < -0.39 is 0 Å². The van der Waals surface area contributed by atoms with Crippen LogP contribution in [0.2, 0.25) is 0 Å². The Balaban J connectivity index is 2.17. The first-order chi connectivity index (χ1) is 9.22. The lowest BCUT2D eigenvalue weighted by molar-refractivity contribution is 0.767. The predicted molar refractivity (Wildman–Crippen MR) is 69.5 cm³/mol. The molecular weight excluding hydrogens is 244 g/mol. The molecule has 19 heavy (non-hydrogen) atoms. The lowest BCUT2D eigenvalue weighted by Crippen LogP contribution is -2.11. The Bertz CT molecular complexity index is 781. The highest BCUT2D eigenvalue weighted by Crippen LogP contribution is 2.12. The largest absolute Gasteiger partial charge is 0.348 e. The van der Waals surface area contributed by atoms with Crippen LogP contribution in [-0.2, 0) is 12.8 Å². The molecule has 0 radical (unpaired) electrons. The van der Waals surface area contributed by atoms with Gasteiger partial charge in [-0.2, -0.15) is 10.2 Å². The van der Waals surface area contributed by atoms with E-state index in [1.54, 1.807) is 10.7 Å². The zero-order chi connectivity index (χ0) is 13.4. The Hall–Kier alpha value is -2.44. The van der Waals surface area contributed by atoms with Gasteiger partial charge < -0.3 is 0 Å². The van der Waals surface area contributed by atoms with Crippen LogP contribution in [0.1, 0.15) is 25.2 Å². The second-order valence-corrected chi connectivity index (χ2v) is 4.25. The number of aromatic amines is 1. The summed E-state index contributed by atoms with van der Waals surface area (Å²) in [4.78, 5) is 15.7. The molecule has 98 valence electrons. The van der Waals surface area contributed by atoms with Gasteiger partial charge in [0.2, 0.25) is 0 Å². The molecule has 3 aromatic rings. The molecular formula is C12H14N6O. The van der Waals surface area contributed by atoms with Gasteiger partial charge in [-0.3, -0.25) is 0 Å². The molecule has 0 aromatic carbocycles. The van der Waals surface area contributed by atoms with Crippen LogP contribution in [0.15, 0.2) is 23.3 Å². The van der Waals surface area contributed by atoms with Gasteiger partial charge in [-0.05, 0) is 18.9 Å². The molecule has 3 aromatic heterocycles. The lowest BCUT2D eigenvalue weighted by Gasteiger charge is -2.04. The minimum absolute atomic E-state index is 0.292. The summed E-state index contributed by atoms with van der Waals surface area (Å²) in [5.74, 6) is 0.669. The number of rotatable bonds is 3. The quantitative estimate of drug-likeness (QED) is 0.751. The number of H-pyrrole nitrogens is 1. The number of nitrogens with zero attached hydrogens (tertiary/aromatic N) is 5. The summed E-state index contributed by atoms with van der Waals surface area (Å²) >= 11 is 0. The van der Waals surface area contributed by atoms with Crippen LogP contribution in [0.3, 0.4) is 0 Å². The second kappa shape index (κ2) is 4.34. The number of hydrogen-bond acceptors (Lipinski definition) is 4. The van der Waals surface area contributed by atoms with Crippen LogP contribution in [0, 0.1) is 0 Å². The third-order valence-electron chi connectivity index (χ3n) is 3.07.